The van der Waals surface area contributed by atoms with E-state index >= 15 is 0 Å². The van der Waals surface area contributed by atoms with Gasteiger partial charge in [0.1, 0.15) is 11.5 Å². The van der Waals surface area contributed by atoms with E-state index in [2.05, 4.69) is 21.0 Å². The van der Waals surface area contributed by atoms with Crippen molar-refractivity contribution in [2.75, 3.05) is 0 Å². The molecule has 1 aromatic carbocycles. The lowest BCUT2D eigenvalue weighted by Gasteiger charge is -1.99. The third kappa shape index (κ3) is 2.08. The Balaban J connectivity index is 2.41. The number of hydrogen-bond acceptors (Lipinski definition) is 2. The number of rotatable bonds is 2. The molecule has 0 spiro atoms. The van der Waals surface area contributed by atoms with Gasteiger partial charge in [-0.15, -0.1) is 0 Å². The number of aromatic nitrogens is 2. The molecule has 0 amide bonds. The lowest BCUT2D eigenvalue weighted by atomic mass is 10.3. The molecule has 2 aromatic rings. The van der Waals surface area contributed by atoms with E-state index in [-0.39, 0.29) is 12.4 Å². The number of aliphatic hydroxyl groups excluding tert-OH is 1. The van der Waals surface area contributed by atoms with Crippen molar-refractivity contribution in [2.45, 2.75) is 6.61 Å². The van der Waals surface area contributed by atoms with Gasteiger partial charge in [0.15, 0.2) is 0 Å². The van der Waals surface area contributed by atoms with Crippen LogP contribution in [0.5, 0.6) is 0 Å². The van der Waals surface area contributed by atoms with E-state index in [1.165, 1.54) is 12.1 Å². The zero-order chi connectivity index (χ0) is 10.8. The summed E-state index contributed by atoms with van der Waals surface area (Å²) in [5.41, 5.74) is 1.30. The van der Waals surface area contributed by atoms with Crippen molar-refractivity contribution in [2.24, 2.45) is 0 Å². The van der Waals surface area contributed by atoms with Gasteiger partial charge < -0.3 is 5.11 Å². The maximum absolute atomic E-state index is 12.7. The summed E-state index contributed by atoms with van der Waals surface area (Å²) in [5.74, 6) is -0.285. The van der Waals surface area contributed by atoms with Crippen LogP contribution in [0, 0.1) is 5.82 Å². The van der Waals surface area contributed by atoms with E-state index in [0.29, 0.717) is 5.69 Å². The summed E-state index contributed by atoms with van der Waals surface area (Å²) in [7, 11) is 0. The topological polar surface area (TPSA) is 38.1 Å². The van der Waals surface area contributed by atoms with Gasteiger partial charge in [-0.2, -0.15) is 5.10 Å². The molecule has 0 radical (unpaired) electrons. The Morgan fingerprint density at radius 2 is 2.00 bits per heavy atom. The molecular weight excluding hydrogens is 263 g/mol. The predicted octanol–water partition coefficient (Wildman–Crippen LogP) is 2.27. The fourth-order valence-corrected chi connectivity index (χ4v) is 1.62. The Kier molecular flexibility index (Phi) is 2.83. The number of hydrogen-bond donors (Lipinski definition) is 1. The molecule has 0 unspecified atom stereocenters. The summed E-state index contributed by atoms with van der Waals surface area (Å²) in [6, 6.07) is 5.97. The summed E-state index contributed by atoms with van der Waals surface area (Å²) in [6.45, 7) is -0.130. The first kappa shape index (κ1) is 10.3. The first-order valence-electron chi connectivity index (χ1n) is 4.31. The average molecular weight is 271 g/mol. The lowest BCUT2D eigenvalue weighted by Crippen LogP contribution is -1.95. The minimum Gasteiger partial charge on any atom is -0.390 e. The van der Waals surface area contributed by atoms with Crippen molar-refractivity contribution in [1.29, 1.82) is 0 Å². The predicted molar refractivity (Wildman–Crippen MR) is 57.1 cm³/mol. The molecule has 1 N–H and O–H groups in total. The van der Waals surface area contributed by atoms with Crippen molar-refractivity contribution >= 4 is 15.9 Å². The van der Waals surface area contributed by atoms with Crippen LogP contribution >= 0.6 is 15.9 Å². The van der Waals surface area contributed by atoms with E-state index in [1.807, 2.05) is 0 Å². The van der Waals surface area contributed by atoms with Crippen molar-refractivity contribution in [3.05, 3.63) is 46.4 Å². The largest absolute Gasteiger partial charge is 0.390 e. The molecular formula is C10H8BrFN2O. The van der Waals surface area contributed by atoms with E-state index in [4.69, 9.17) is 5.11 Å². The summed E-state index contributed by atoms with van der Waals surface area (Å²) >= 11 is 3.27. The molecule has 0 atom stereocenters. The van der Waals surface area contributed by atoms with Crippen LogP contribution in [0.1, 0.15) is 5.69 Å². The Labute approximate surface area is 94.3 Å². The van der Waals surface area contributed by atoms with Gasteiger partial charge in [-0.05, 0) is 40.2 Å². The highest BCUT2D eigenvalue weighted by Gasteiger charge is 2.06. The van der Waals surface area contributed by atoms with Gasteiger partial charge in [0.05, 0.1) is 16.8 Å². The molecule has 5 heteroatoms. The third-order valence-electron chi connectivity index (χ3n) is 1.98. The second-order valence-electron chi connectivity index (χ2n) is 3.00. The number of aliphatic hydroxyl groups is 1. The second kappa shape index (κ2) is 4.12. The minimum atomic E-state index is -0.285. The van der Waals surface area contributed by atoms with E-state index < -0.39 is 0 Å². The van der Waals surface area contributed by atoms with Gasteiger partial charge in [0, 0.05) is 6.20 Å². The zero-order valence-electron chi connectivity index (χ0n) is 7.69. The van der Waals surface area contributed by atoms with Crippen LogP contribution in [0.4, 0.5) is 4.39 Å². The summed E-state index contributed by atoms with van der Waals surface area (Å²) in [5, 5.41) is 13.1. The number of nitrogens with zero attached hydrogens (tertiary/aromatic N) is 2. The molecule has 0 aliphatic rings. The normalized spacial score (nSPS) is 10.6. The molecule has 3 nitrogen and oxygen atoms in total. The smallest absolute Gasteiger partial charge is 0.123 e. The van der Waals surface area contributed by atoms with Gasteiger partial charge in [0.25, 0.3) is 0 Å². The van der Waals surface area contributed by atoms with Crippen LogP contribution in [0.15, 0.2) is 34.9 Å². The summed E-state index contributed by atoms with van der Waals surface area (Å²) < 4.78 is 15.0. The van der Waals surface area contributed by atoms with Crippen molar-refractivity contribution in [3.63, 3.8) is 0 Å². The first-order chi connectivity index (χ1) is 7.20. The molecule has 0 bridgehead atoms. The Hall–Kier alpha value is -1.20. The molecule has 0 saturated carbocycles. The molecule has 1 heterocycles. The Morgan fingerprint density at radius 1 is 1.33 bits per heavy atom. The molecule has 0 fully saturated rings. The van der Waals surface area contributed by atoms with E-state index in [0.717, 1.165) is 10.2 Å². The van der Waals surface area contributed by atoms with Gasteiger partial charge >= 0.3 is 0 Å². The highest BCUT2D eigenvalue weighted by atomic mass is 79.9. The van der Waals surface area contributed by atoms with Gasteiger partial charge in [0.2, 0.25) is 0 Å². The van der Waals surface area contributed by atoms with Crippen LogP contribution in [-0.4, -0.2) is 14.9 Å². The van der Waals surface area contributed by atoms with Gasteiger partial charge in [-0.3, -0.25) is 0 Å². The molecule has 15 heavy (non-hydrogen) atoms. The van der Waals surface area contributed by atoms with E-state index in [9.17, 15) is 4.39 Å². The van der Waals surface area contributed by atoms with Crippen LogP contribution in [-0.2, 0) is 6.61 Å². The Morgan fingerprint density at radius 3 is 2.53 bits per heavy atom. The highest BCUT2D eigenvalue weighted by Crippen LogP contribution is 2.18. The number of benzene rings is 1. The highest BCUT2D eigenvalue weighted by molar-refractivity contribution is 9.10. The maximum atomic E-state index is 12.7. The summed E-state index contributed by atoms with van der Waals surface area (Å²) in [4.78, 5) is 0. The fraction of sp³-hybridized carbons (Fsp3) is 0.100. The van der Waals surface area contributed by atoms with Crippen LogP contribution < -0.4 is 0 Å². The van der Waals surface area contributed by atoms with Crippen LogP contribution in [0.2, 0.25) is 0 Å². The monoisotopic (exact) mass is 270 g/mol. The fourth-order valence-electron chi connectivity index (χ4n) is 1.22. The molecule has 2 rings (SSSR count). The molecule has 78 valence electrons. The van der Waals surface area contributed by atoms with E-state index in [1.54, 1.807) is 23.0 Å². The summed E-state index contributed by atoms with van der Waals surface area (Å²) in [6.07, 6.45) is 1.72. The quantitative estimate of drug-likeness (QED) is 0.909. The Bertz CT molecular complexity index is 467. The second-order valence-corrected chi connectivity index (χ2v) is 3.86. The SMILES string of the molecule is OCc1nn(-c2ccc(F)cc2)cc1Br. The van der Waals surface area contributed by atoms with Gasteiger partial charge in [-0.25, -0.2) is 9.07 Å². The maximum Gasteiger partial charge on any atom is 0.123 e. The molecule has 0 aliphatic carbocycles. The molecule has 0 saturated heterocycles. The first-order valence-corrected chi connectivity index (χ1v) is 5.11. The van der Waals surface area contributed by atoms with Crippen LogP contribution in [0.3, 0.4) is 0 Å². The third-order valence-corrected chi connectivity index (χ3v) is 2.64. The molecule has 1 aromatic heterocycles. The number of halogens is 2. The van der Waals surface area contributed by atoms with Crippen LogP contribution in [0.25, 0.3) is 5.69 Å². The minimum absolute atomic E-state index is 0.130. The van der Waals surface area contributed by atoms with Gasteiger partial charge in [-0.1, -0.05) is 0 Å². The zero-order valence-corrected chi connectivity index (χ0v) is 9.28. The molecule has 0 aliphatic heterocycles. The van der Waals surface area contributed by atoms with Crippen molar-refractivity contribution in [1.82, 2.24) is 9.78 Å². The van der Waals surface area contributed by atoms with Crippen molar-refractivity contribution < 1.29 is 9.50 Å². The average Bonchev–Trinajstić information content (AvgIpc) is 2.61. The van der Waals surface area contributed by atoms with Crippen molar-refractivity contribution in [3.8, 4) is 5.69 Å². The standard InChI is InChI=1S/C10H8BrFN2O/c11-9-5-14(13-10(9)6-15)8-3-1-7(12)2-4-8/h1-5,15H,6H2. The lowest BCUT2D eigenvalue weighted by molar-refractivity contribution is 0.275.